The van der Waals surface area contributed by atoms with Crippen LogP contribution >= 0.6 is 0 Å². The Labute approximate surface area is 199 Å². The van der Waals surface area contributed by atoms with Crippen molar-refractivity contribution in [3.63, 3.8) is 0 Å². The molecule has 0 N–H and O–H groups in total. The molecule has 0 aromatic heterocycles. The molecule has 0 radical (unpaired) electrons. The Morgan fingerprint density at radius 1 is 0.781 bits per heavy atom. The highest BCUT2D eigenvalue weighted by Crippen LogP contribution is 2.42. The molecule has 0 bridgehead atoms. The highest BCUT2D eigenvalue weighted by Gasteiger charge is 2.31. The minimum Gasteiger partial charge on any atom is -0.198 e. The van der Waals surface area contributed by atoms with Crippen molar-refractivity contribution in [1.29, 1.82) is 5.26 Å². The molecule has 32 heavy (non-hydrogen) atoms. The van der Waals surface area contributed by atoms with Crippen LogP contribution in [0.2, 0.25) is 0 Å². The molecule has 1 atom stereocenters. The van der Waals surface area contributed by atoms with Crippen LogP contribution in [-0.4, -0.2) is 0 Å². The van der Waals surface area contributed by atoms with Gasteiger partial charge in [0.2, 0.25) is 0 Å². The highest BCUT2D eigenvalue weighted by molar-refractivity contribution is 5.26. The van der Waals surface area contributed by atoms with Crippen LogP contribution < -0.4 is 0 Å². The maximum atomic E-state index is 9.91. The Bertz CT molecular complexity index is 653. The molecule has 1 aromatic rings. The smallest absolute Gasteiger partial charge is 0.0658 e. The Morgan fingerprint density at radius 2 is 1.44 bits per heavy atom. The number of benzene rings is 1. The maximum Gasteiger partial charge on any atom is 0.0658 e. The van der Waals surface area contributed by atoms with E-state index in [-0.39, 0.29) is 0 Å². The van der Waals surface area contributed by atoms with Gasteiger partial charge >= 0.3 is 0 Å². The first-order chi connectivity index (χ1) is 15.7. The van der Waals surface area contributed by atoms with Gasteiger partial charge in [-0.15, -0.1) is 0 Å². The molecular formula is C31H49N. The van der Waals surface area contributed by atoms with E-state index >= 15 is 0 Å². The van der Waals surface area contributed by atoms with Crippen molar-refractivity contribution in [3.8, 4) is 6.07 Å². The maximum absolute atomic E-state index is 9.91. The molecule has 2 saturated carbocycles. The summed E-state index contributed by atoms with van der Waals surface area (Å²) >= 11 is 0. The van der Waals surface area contributed by atoms with Gasteiger partial charge in [0, 0.05) is 5.92 Å². The summed E-state index contributed by atoms with van der Waals surface area (Å²) in [6.07, 6.45) is 22.6. The fraction of sp³-hybridized carbons (Fsp3) is 0.774. The van der Waals surface area contributed by atoms with Crippen molar-refractivity contribution in [2.75, 3.05) is 0 Å². The predicted octanol–water partition coefficient (Wildman–Crippen LogP) is 9.61. The zero-order chi connectivity index (χ0) is 22.6. The van der Waals surface area contributed by atoms with E-state index in [0.29, 0.717) is 11.8 Å². The Balaban J connectivity index is 1.39. The molecule has 0 heterocycles. The second kappa shape index (κ2) is 14.1. The lowest BCUT2D eigenvalue weighted by atomic mass is 9.70. The van der Waals surface area contributed by atoms with Gasteiger partial charge in [0.15, 0.2) is 0 Å². The molecule has 1 unspecified atom stereocenters. The molecule has 1 heteroatoms. The molecule has 2 aliphatic carbocycles. The van der Waals surface area contributed by atoms with Gasteiger partial charge in [0.05, 0.1) is 6.07 Å². The molecule has 0 amide bonds. The largest absolute Gasteiger partial charge is 0.198 e. The summed E-state index contributed by atoms with van der Waals surface area (Å²) in [7, 11) is 0. The van der Waals surface area contributed by atoms with Gasteiger partial charge < -0.3 is 0 Å². The molecule has 1 nitrogen and oxygen atoms in total. The topological polar surface area (TPSA) is 23.8 Å². The third-order valence-corrected chi connectivity index (χ3v) is 8.80. The van der Waals surface area contributed by atoms with Gasteiger partial charge in [-0.2, -0.15) is 5.26 Å². The first-order valence-corrected chi connectivity index (χ1v) is 14.2. The van der Waals surface area contributed by atoms with E-state index in [1.54, 1.807) is 5.56 Å². The van der Waals surface area contributed by atoms with E-state index < -0.39 is 0 Å². The standard InChI is InChI=1S/C31H49N/c1-3-5-7-8-10-26-11-17-28(18-12-26)29-21-15-27(16-22-29)23-31(24-32)30-19-13-25(14-20-30)9-6-4-2/h11-12,17-18,25,27,29-31H,3-10,13-16,19-23H2,1-2H3/t25-,27-,29-,30-,31?. The van der Waals surface area contributed by atoms with Crippen LogP contribution in [0.15, 0.2) is 24.3 Å². The molecule has 0 aliphatic heterocycles. The summed E-state index contributed by atoms with van der Waals surface area (Å²) in [6, 6.07) is 12.3. The van der Waals surface area contributed by atoms with Crippen LogP contribution in [0.3, 0.4) is 0 Å². The molecule has 0 spiro atoms. The van der Waals surface area contributed by atoms with Crippen LogP contribution in [0.4, 0.5) is 0 Å². The van der Waals surface area contributed by atoms with Crippen molar-refractivity contribution in [2.24, 2.45) is 23.7 Å². The van der Waals surface area contributed by atoms with Gasteiger partial charge in [-0.1, -0.05) is 89.5 Å². The number of unbranched alkanes of at least 4 members (excludes halogenated alkanes) is 4. The van der Waals surface area contributed by atoms with Gasteiger partial charge in [0.1, 0.15) is 0 Å². The van der Waals surface area contributed by atoms with Gasteiger partial charge in [0.25, 0.3) is 0 Å². The number of hydrogen-bond donors (Lipinski definition) is 0. The second-order valence-electron chi connectivity index (χ2n) is 11.2. The van der Waals surface area contributed by atoms with Gasteiger partial charge in [-0.25, -0.2) is 0 Å². The number of rotatable bonds is 12. The quantitative estimate of drug-likeness (QED) is 0.300. The first-order valence-electron chi connectivity index (χ1n) is 14.2. The third kappa shape index (κ3) is 7.93. The number of nitriles is 1. The normalized spacial score (nSPS) is 27.0. The fourth-order valence-electron chi connectivity index (χ4n) is 6.53. The minimum atomic E-state index is 0.315. The van der Waals surface area contributed by atoms with E-state index in [9.17, 15) is 5.26 Å². The first kappa shape index (κ1) is 25.3. The van der Waals surface area contributed by atoms with Crippen molar-refractivity contribution in [2.45, 2.75) is 129 Å². The average molecular weight is 436 g/mol. The minimum absolute atomic E-state index is 0.315. The predicted molar refractivity (Wildman–Crippen MR) is 138 cm³/mol. The molecule has 2 aliphatic rings. The van der Waals surface area contributed by atoms with Crippen LogP contribution in [0.25, 0.3) is 0 Å². The van der Waals surface area contributed by atoms with Crippen LogP contribution in [0.5, 0.6) is 0 Å². The monoisotopic (exact) mass is 435 g/mol. The summed E-state index contributed by atoms with van der Waals surface area (Å²) in [5.74, 6) is 3.47. The third-order valence-electron chi connectivity index (χ3n) is 8.80. The lowest BCUT2D eigenvalue weighted by Gasteiger charge is -2.34. The molecular weight excluding hydrogens is 386 g/mol. The highest BCUT2D eigenvalue weighted by atomic mass is 14.4. The van der Waals surface area contributed by atoms with Crippen molar-refractivity contribution in [3.05, 3.63) is 35.4 Å². The zero-order valence-corrected chi connectivity index (χ0v) is 21.2. The number of aryl methyl sites for hydroxylation is 1. The van der Waals surface area contributed by atoms with E-state index in [2.05, 4.69) is 44.2 Å². The Kier molecular flexibility index (Phi) is 11.1. The summed E-state index contributed by atoms with van der Waals surface area (Å²) in [5.41, 5.74) is 3.07. The summed E-state index contributed by atoms with van der Waals surface area (Å²) in [5, 5.41) is 9.91. The van der Waals surface area contributed by atoms with Crippen LogP contribution in [0.1, 0.15) is 134 Å². The molecule has 3 rings (SSSR count). The number of hydrogen-bond acceptors (Lipinski definition) is 1. The summed E-state index contributed by atoms with van der Waals surface area (Å²) in [6.45, 7) is 4.58. The Hall–Kier alpha value is -1.29. The van der Waals surface area contributed by atoms with E-state index in [1.165, 1.54) is 115 Å². The lowest BCUT2D eigenvalue weighted by Crippen LogP contribution is -2.24. The van der Waals surface area contributed by atoms with Gasteiger partial charge in [-0.05, 0) is 92.6 Å². The van der Waals surface area contributed by atoms with Crippen molar-refractivity contribution < 1.29 is 0 Å². The summed E-state index contributed by atoms with van der Waals surface area (Å²) in [4.78, 5) is 0. The second-order valence-corrected chi connectivity index (χ2v) is 11.2. The fourth-order valence-corrected chi connectivity index (χ4v) is 6.53. The average Bonchev–Trinajstić information content (AvgIpc) is 2.85. The lowest BCUT2D eigenvalue weighted by molar-refractivity contribution is 0.188. The van der Waals surface area contributed by atoms with Crippen LogP contribution in [-0.2, 0) is 6.42 Å². The Morgan fingerprint density at radius 3 is 2.06 bits per heavy atom. The molecule has 2 fully saturated rings. The van der Waals surface area contributed by atoms with Crippen LogP contribution in [0, 0.1) is 35.0 Å². The summed E-state index contributed by atoms with van der Waals surface area (Å²) < 4.78 is 0. The molecule has 1 aromatic carbocycles. The van der Waals surface area contributed by atoms with Crippen molar-refractivity contribution >= 4 is 0 Å². The SMILES string of the molecule is CCCCCCc1ccc([C@H]2CC[C@H](CC(C#N)[C@H]3CC[C@H](CCCC)CC3)CC2)cc1. The van der Waals surface area contributed by atoms with E-state index in [4.69, 9.17) is 0 Å². The molecule has 178 valence electrons. The number of nitrogens with zero attached hydrogens (tertiary/aromatic N) is 1. The van der Waals surface area contributed by atoms with Gasteiger partial charge in [-0.3, -0.25) is 0 Å². The van der Waals surface area contributed by atoms with Crippen molar-refractivity contribution in [1.82, 2.24) is 0 Å². The molecule has 0 saturated heterocycles. The van der Waals surface area contributed by atoms with E-state index in [0.717, 1.165) is 17.8 Å². The van der Waals surface area contributed by atoms with E-state index in [1.807, 2.05) is 0 Å². The zero-order valence-electron chi connectivity index (χ0n) is 21.2.